The second-order valence-electron chi connectivity index (χ2n) is 3.25. The molecule has 0 aliphatic heterocycles. The monoisotopic (exact) mass is 201 g/mol. The maximum absolute atomic E-state index is 5.31. The van der Waals surface area contributed by atoms with Crippen LogP contribution in [0.15, 0.2) is 0 Å². The van der Waals surface area contributed by atoms with E-state index in [1.54, 1.807) is 0 Å². The summed E-state index contributed by atoms with van der Waals surface area (Å²) in [7, 11) is 0. The van der Waals surface area contributed by atoms with Gasteiger partial charge in [-0.05, 0) is 25.1 Å². The van der Waals surface area contributed by atoms with Crippen molar-refractivity contribution in [1.82, 2.24) is 14.8 Å². The van der Waals surface area contributed by atoms with Gasteiger partial charge in [-0.3, -0.25) is 4.57 Å². The molecule has 0 radical (unpaired) electrons. The molecule has 0 aliphatic rings. The highest BCUT2D eigenvalue weighted by molar-refractivity contribution is 7.71. The Morgan fingerprint density at radius 1 is 1.62 bits per heavy atom. The highest BCUT2D eigenvalue weighted by atomic mass is 32.1. The third-order valence-electron chi connectivity index (χ3n) is 1.54. The Bertz CT molecular complexity index is 315. The number of aromatic nitrogens is 3. The van der Waals surface area contributed by atoms with E-state index in [-0.39, 0.29) is 0 Å². The van der Waals surface area contributed by atoms with Crippen LogP contribution in [0.25, 0.3) is 0 Å². The van der Waals surface area contributed by atoms with Crippen LogP contribution < -0.4 is 4.74 Å². The van der Waals surface area contributed by atoms with E-state index in [9.17, 15) is 0 Å². The van der Waals surface area contributed by atoms with Crippen molar-refractivity contribution in [1.29, 1.82) is 0 Å². The van der Waals surface area contributed by atoms with Crippen LogP contribution in [0.3, 0.4) is 0 Å². The van der Waals surface area contributed by atoms with Gasteiger partial charge >= 0.3 is 6.01 Å². The minimum Gasteiger partial charge on any atom is -0.464 e. The molecule has 0 saturated carbocycles. The Balaban J connectivity index is 2.88. The fraction of sp³-hybridized carbons (Fsp3) is 0.750. The van der Waals surface area contributed by atoms with E-state index in [1.807, 2.05) is 11.5 Å². The largest absolute Gasteiger partial charge is 0.464 e. The van der Waals surface area contributed by atoms with Crippen molar-refractivity contribution in [3.05, 3.63) is 4.77 Å². The lowest BCUT2D eigenvalue weighted by atomic mass is 10.2. The van der Waals surface area contributed by atoms with Crippen molar-refractivity contribution >= 4 is 12.2 Å². The number of hydrogen-bond donors (Lipinski definition) is 1. The van der Waals surface area contributed by atoms with Crippen molar-refractivity contribution in [3.8, 4) is 6.01 Å². The number of H-pyrrole nitrogens is 1. The molecule has 0 fully saturated rings. The minimum atomic E-state index is 0.531. The number of nitrogens with one attached hydrogen (secondary N) is 1. The minimum absolute atomic E-state index is 0.531. The van der Waals surface area contributed by atoms with Gasteiger partial charge in [0.15, 0.2) is 4.77 Å². The third kappa shape index (κ3) is 2.55. The lowest BCUT2D eigenvalue weighted by Gasteiger charge is -2.08. The zero-order valence-electron chi connectivity index (χ0n) is 8.20. The summed E-state index contributed by atoms with van der Waals surface area (Å²) in [4.78, 5) is 0. The molecule has 0 spiro atoms. The number of aromatic amines is 1. The summed E-state index contributed by atoms with van der Waals surface area (Å²) in [5.74, 6) is 0.531. The summed E-state index contributed by atoms with van der Waals surface area (Å²) in [6.07, 6.45) is 0. The van der Waals surface area contributed by atoms with Crippen LogP contribution in [0, 0.1) is 10.7 Å². The van der Waals surface area contributed by atoms with Gasteiger partial charge in [0.25, 0.3) is 0 Å². The molecule has 1 aromatic rings. The van der Waals surface area contributed by atoms with Gasteiger partial charge in [0.2, 0.25) is 0 Å². The van der Waals surface area contributed by atoms with Crippen LogP contribution in [0.5, 0.6) is 6.01 Å². The van der Waals surface area contributed by atoms with Gasteiger partial charge < -0.3 is 4.74 Å². The lowest BCUT2D eigenvalue weighted by Crippen LogP contribution is -2.08. The van der Waals surface area contributed by atoms with Gasteiger partial charge in [0.1, 0.15) is 0 Å². The molecule has 0 bridgehead atoms. The van der Waals surface area contributed by atoms with Crippen LogP contribution in [0.1, 0.15) is 20.8 Å². The normalized spacial score (nSPS) is 10.8. The van der Waals surface area contributed by atoms with E-state index >= 15 is 0 Å². The summed E-state index contributed by atoms with van der Waals surface area (Å²) in [5, 5.41) is 6.70. The molecule has 74 valence electrons. The molecule has 1 heterocycles. The van der Waals surface area contributed by atoms with Gasteiger partial charge in [-0.15, -0.1) is 5.10 Å². The molecule has 4 nitrogen and oxygen atoms in total. The average molecular weight is 201 g/mol. The second kappa shape index (κ2) is 4.41. The molecular weight excluding hydrogens is 186 g/mol. The zero-order valence-corrected chi connectivity index (χ0v) is 9.02. The van der Waals surface area contributed by atoms with Crippen molar-refractivity contribution < 1.29 is 4.74 Å². The zero-order chi connectivity index (χ0) is 9.84. The topological polar surface area (TPSA) is 42.8 Å². The molecule has 5 heteroatoms. The maximum Gasteiger partial charge on any atom is 0.315 e. The second-order valence-corrected chi connectivity index (χ2v) is 3.64. The summed E-state index contributed by atoms with van der Waals surface area (Å²) >= 11 is 5.07. The molecule has 1 N–H and O–H groups in total. The predicted octanol–water partition coefficient (Wildman–Crippen LogP) is 2.00. The summed E-state index contributed by atoms with van der Waals surface area (Å²) in [6.45, 7) is 7.63. The van der Waals surface area contributed by atoms with Crippen molar-refractivity contribution in [2.45, 2.75) is 27.3 Å². The first kappa shape index (κ1) is 10.2. The Hall–Kier alpha value is -0.840. The van der Waals surface area contributed by atoms with Crippen LogP contribution in [-0.4, -0.2) is 21.4 Å². The first-order valence-electron chi connectivity index (χ1n) is 4.43. The molecule has 1 rings (SSSR count). The first-order valence-corrected chi connectivity index (χ1v) is 4.84. The summed E-state index contributed by atoms with van der Waals surface area (Å²) < 4.78 is 7.81. The third-order valence-corrected chi connectivity index (χ3v) is 1.86. The highest BCUT2D eigenvalue weighted by Gasteiger charge is 2.07. The predicted molar refractivity (Wildman–Crippen MR) is 53.4 cm³/mol. The van der Waals surface area contributed by atoms with Crippen LogP contribution in [-0.2, 0) is 6.54 Å². The Morgan fingerprint density at radius 3 is 2.85 bits per heavy atom. The van der Waals surface area contributed by atoms with Gasteiger partial charge in [-0.25, -0.2) is 5.10 Å². The van der Waals surface area contributed by atoms with Gasteiger partial charge in [-0.1, -0.05) is 13.8 Å². The van der Waals surface area contributed by atoms with Crippen LogP contribution in [0.4, 0.5) is 0 Å². The Kier molecular flexibility index (Phi) is 3.48. The Morgan fingerprint density at radius 2 is 2.31 bits per heavy atom. The fourth-order valence-electron chi connectivity index (χ4n) is 1.07. The molecule has 0 atom stereocenters. The number of hydrogen-bond acceptors (Lipinski definition) is 3. The van der Waals surface area contributed by atoms with Crippen molar-refractivity contribution in [2.24, 2.45) is 5.92 Å². The van der Waals surface area contributed by atoms with Crippen molar-refractivity contribution in [3.63, 3.8) is 0 Å². The van der Waals surface area contributed by atoms with Gasteiger partial charge in [0.05, 0.1) is 6.61 Å². The number of rotatable bonds is 4. The first-order chi connectivity index (χ1) is 6.15. The molecule has 0 aromatic carbocycles. The highest BCUT2D eigenvalue weighted by Crippen LogP contribution is 2.10. The SMILES string of the molecule is CCOc1n[nH]c(=S)n1CC(C)C. The average Bonchev–Trinajstić information content (AvgIpc) is 2.36. The van der Waals surface area contributed by atoms with Gasteiger partial charge in [-0.2, -0.15) is 0 Å². The van der Waals surface area contributed by atoms with E-state index in [0.717, 1.165) is 6.54 Å². The summed E-state index contributed by atoms with van der Waals surface area (Å²) in [6, 6.07) is 0.584. The van der Waals surface area contributed by atoms with Crippen molar-refractivity contribution in [2.75, 3.05) is 6.61 Å². The standard InChI is InChI=1S/C8H15N3OS/c1-4-12-7-9-10-8(13)11(7)5-6(2)3/h6H,4-5H2,1-3H3,(H,10,13). The molecule has 0 saturated heterocycles. The lowest BCUT2D eigenvalue weighted by molar-refractivity contribution is 0.288. The number of nitrogens with zero attached hydrogens (tertiary/aromatic N) is 2. The molecule has 13 heavy (non-hydrogen) atoms. The quantitative estimate of drug-likeness (QED) is 0.758. The van der Waals surface area contributed by atoms with E-state index in [1.165, 1.54) is 0 Å². The fourth-order valence-corrected chi connectivity index (χ4v) is 1.27. The molecule has 0 unspecified atom stereocenters. The molecular formula is C8H15N3OS. The van der Waals surface area contributed by atoms with E-state index < -0.39 is 0 Å². The van der Waals surface area contributed by atoms with E-state index in [4.69, 9.17) is 17.0 Å². The van der Waals surface area contributed by atoms with E-state index in [2.05, 4.69) is 24.0 Å². The molecule has 0 amide bonds. The molecule has 0 aliphatic carbocycles. The Labute approximate surface area is 82.9 Å². The molecule has 1 aromatic heterocycles. The van der Waals surface area contributed by atoms with Gasteiger partial charge in [0, 0.05) is 6.54 Å². The number of ether oxygens (including phenoxy) is 1. The van der Waals surface area contributed by atoms with E-state index in [0.29, 0.717) is 23.3 Å². The van der Waals surface area contributed by atoms with Crippen LogP contribution >= 0.6 is 12.2 Å². The van der Waals surface area contributed by atoms with Crippen LogP contribution in [0.2, 0.25) is 0 Å². The maximum atomic E-state index is 5.31. The summed E-state index contributed by atoms with van der Waals surface area (Å²) in [5.41, 5.74) is 0. The smallest absolute Gasteiger partial charge is 0.315 e.